The highest BCUT2D eigenvalue weighted by Crippen LogP contribution is 2.53. The number of hydrogen-bond acceptors (Lipinski definition) is 10. The summed E-state index contributed by atoms with van der Waals surface area (Å²) in [6.07, 6.45) is -1.92. The summed E-state index contributed by atoms with van der Waals surface area (Å²) in [6.45, 7) is 3.69. The van der Waals surface area contributed by atoms with Crippen LogP contribution in [0.25, 0.3) is 0 Å². The highest BCUT2D eigenvalue weighted by Gasteiger charge is 2.37. The summed E-state index contributed by atoms with van der Waals surface area (Å²) < 4.78 is 88.5. The van der Waals surface area contributed by atoms with E-state index >= 15 is 0 Å². The molecule has 0 aliphatic heterocycles. The molecule has 4 N–H and O–H groups in total. The molecule has 0 bridgehead atoms. The van der Waals surface area contributed by atoms with E-state index in [0.29, 0.717) is 16.7 Å². The zero-order valence-electron chi connectivity index (χ0n) is 33.0. The van der Waals surface area contributed by atoms with Crippen molar-refractivity contribution in [3.05, 3.63) is 180 Å². The number of phosphoric acid groups is 2. The van der Waals surface area contributed by atoms with Gasteiger partial charge in [-0.1, -0.05) is 105 Å². The Balaban J connectivity index is 1.40. The molecule has 0 atom stereocenters. The van der Waals surface area contributed by atoms with Crippen molar-refractivity contribution < 1.29 is 65.0 Å². The molecule has 0 saturated carbocycles. The first-order chi connectivity index (χ1) is 28.9. The predicted octanol–water partition coefficient (Wildman–Crippen LogP) is 10.7. The first kappa shape index (κ1) is 45.4. The number of benzene rings is 6. The summed E-state index contributed by atoms with van der Waals surface area (Å²) >= 11 is 0. The van der Waals surface area contributed by atoms with Crippen LogP contribution < -0.4 is 27.1 Å². The number of para-hydroxylation sites is 4. The molecule has 0 unspecified atom stereocenters. The average Bonchev–Trinajstić information content (AvgIpc) is 3.20. The van der Waals surface area contributed by atoms with Crippen LogP contribution in [0.1, 0.15) is 36.1 Å². The van der Waals surface area contributed by atoms with Crippen molar-refractivity contribution in [2.24, 2.45) is 0 Å². The lowest BCUT2D eigenvalue weighted by molar-refractivity contribution is 0.296. The fourth-order valence-electron chi connectivity index (χ4n) is 6.31. The Kier molecular flexibility index (Phi) is 14.4. The molecule has 0 aliphatic carbocycles. The summed E-state index contributed by atoms with van der Waals surface area (Å²) in [6, 6.07) is 42.6. The van der Waals surface area contributed by atoms with Crippen molar-refractivity contribution in [3.63, 3.8) is 0 Å². The Morgan fingerprint density at radius 3 is 1.10 bits per heavy atom. The van der Waals surface area contributed by atoms with Gasteiger partial charge in [-0.2, -0.15) is 9.13 Å². The van der Waals surface area contributed by atoms with E-state index in [1.54, 1.807) is 127 Å². The molecule has 18 heteroatoms. The molecule has 6 aromatic carbocycles. The predicted molar refractivity (Wildman–Crippen MR) is 231 cm³/mol. The Labute approximate surface area is 353 Å². The molecule has 320 valence electrons. The molecule has 0 heterocycles. The van der Waals surface area contributed by atoms with Crippen molar-refractivity contribution >= 4 is 30.8 Å². The van der Waals surface area contributed by atoms with Gasteiger partial charge in [0.15, 0.2) is 0 Å². The fourth-order valence-corrected chi connectivity index (χ4v) is 9.87. The normalized spacial score (nSPS) is 12.3. The highest BCUT2D eigenvalue weighted by molar-refractivity contribution is 7.52. The van der Waals surface area contributed by atoms with E-state index in [0.717, 1.165) is 0 Å². The zero-order chi connectivity index (χ0) is 43.7. The lowest BCUT2D eigenvalue weighted by Gasteiger charge is -2.31. The molecule has 6 aromatic rings. The van der Waals surface area contributed by atoms with Crippen LogP contribution in [-0.2, 0) is 36.5 Å². The number of rotatable bonds is 20. The minimum Gasteiger partial charge on any atom is -0.386 e. The maximum atomic E-state index is 14.5. The number of hydrogen-bond donors (Lipinski definition) is 4. The van der Waals surface area contributed by atoms with E-state index in [-0.39, 0.29) is 52.9 Å². The molecular formula is C43H44O14P4. The van der Waals surface area contributed by atoms with Gasteiger partial charge in [0, 0.05) is 5.41 Å². The van der Waals surface area contributed by atoms with Gasteiger partial charge in [-0.05, 0) is 102 Å². The van der Waals surface area contributed by atoms with Crippen LogP contribution in [0, 0.1) is 0 Å². The van der Waals surface area contributed by atoms with Gasteiger partial charge in [0.2, 0.25) is 0 Å². The van der Waals surface area contributed by atoms with Crippen LogP contribution in [0.2, 0.25) is 0 Å². The molecule has 14 nitrogen and oxygen atoms in total. The largest absolute Gasteiger partial charge is 0.647 e. The topological polar surface area (TPSA) is 205 Å². The van der Waals surface area contributed by atoms with Gasteiger partial charge in [0.25, 0.3) is 0 Å². The van der Waals surface area contributed by atoms with E-state index in [1.165, 1.54) is 30.3 Å². The fraction of sp³-hybridized carbons (Fsp3) is 0.163. The summed E-state index contributed by atoms with van der Waals surface area (Å²) in [4.78, 5) is 40.1. The second kappa shape index (κ2) is 19.3. The highest BCUT2D eigenvalue weighted by atomic mass is 31.2. The Morgan fingerprint density at radius 2 is 0.738 bits per heavy atom. The summed E-state index contributed by atoms with van der Waals surface area (Å²) in [5.74, 6) is 0.772. The Hall–Kier alpha value is -5.12. The van der Waals surface area contributed by atoms with E-state index in [2.05, 4.69) is 0 Å². The smallest absolute Gasteiger partial charge is 0.386 e. The van der Waals surface area contributed by atoms with E-state index in [9.17, 15) is 37.8 Å². The van der Waals surface area contributed by atoms with E-state index < -0.39 is 48.6 Å². The molecule has 0 saturated heterocycles. The van der Waals surface area contributed by atoms with Crippen LogP contribution in [0.15, 0.2) is 158 Å². The van der Waals surface area contributed by atoms with Crippen molar-refractivity contribution in [1.82, 2.24) is 0 Å². The van der Waals surface area contributed by atoms with Crippen LogP contribution >= 0.6 is 30.8 Å². The summed E-state index contributed by atoms with van der Waals surface area (Å²) in [5.41, 5.74) is 0.611. The SMILES string of the molecule is CC(C)(c1ccc(OP(=O)(Oc2ccccc2)Oc2ccccc2)cc1)c1ccc(OP(=O)(Oc2ccccc2)Oc2ccccc2)c(CCP(=O)(O)O)c1CCP(=O)(O)O. The monoisotopic (exact) mass is 908 g/mol. The maximum Gasteiger partial charge on any atom is 0.647 e. The van der Waals surface area contributed by atoms with E-state index in [4.69, 9.17) is 27.1 Å². The molecule has 0 aromatic heterocycles. The summed E-state index contributed by atoms with van der Waals surface area (Å²) in [7, 11) is -18.3. The lowest BCUT2D eigenvalue weighted by atomic mass is 9.74. The van der Waals surface area contributed by atoms with Gasteiger partial charge in [0.1, 0.15) is 34.5 Å². The van der Waals surface area contributed by atoms with Crippen LogP contribution in [0.3, 0.4) is 0 Å². The molecule has 61 heavy (non-hydrogen) atoms. The Bertz CT molecular complexity index is 2470. The second-order valence-corrected chi connectivity index (χ2v) is 20.6. The van der Waals surface area contributed by atoms with Crippen molar-refractivity contribution in [1.29, 1.82) is 0 Å². The molecule has 0 spiro atoms. The third kappa shape index (κ3) is 13.2. The van der Waals surface area contributed by atoms with Crippen molar-refractivity contribution in [2.45, 2.75) is 32.1 Å². The number of phosphoric ester groups is 2. The first-order valence-electron chi connectivity index (χ1n) is 18.8. The molecule has 0 fully saturated rings. The van der Waals surface area contributed by atoms with Crippen LogP contribution in [-0.4, -0.2) is 31.9 Å². The first-order valence-corrected chi connectivity index (χ1v) is 25.3. The van der Waals surface area contributed by atoms with Gasteiger partial charge in [-0.15, -0.1) is 0 Å². The van der Waals surface area contributed by atoms with Gasteiger partial charge >= 0.3 is 30.8 Å². The Morgan fingerprint density at radius 1 is 0.410 bits per heavy atom. The van der Waals surface area contributed by atoms with Crippen LogP contribution in [0.4, 0.5) is 0 Å². The van der Waals surface area contributed by atoms with Gasteiger partial charge in [-0.25, -0.2) is 0 Å². The van der Waals surface area contributed by atoms with Crippen molar-refractivity contribution in [2.75, 3.05) is 12.3 Å². The van der Waals surface area contributed by atoms with E-state index in [1.807, 2.05) is 13.8 Å². The molecule has 0 aliphatic rings. The minimum absolute atomic E-state index is 0.132. The van der Waals surface area contributed by atoms with Crippen LogP contribution in [0.5, 0.6) is 34.5 Å². The standard InChI is InChI=1S/C43H44O14P4/c1-43(2,33-23-25-38(26-24-33)56-60(50,52-34-15-7-3-8-16-34)53-35-17-9-4-10-18-35)41-27-28-42(40(30-32-59(47,48)49)39(41)29-31-58(44,45)46)57-61(51,54-36-19-11-5-12-20-36)55-37-21-13-6-14-22-37/h3-28H,29-32H2,1-2H3,(H2,44,45,46)(H2,47,48,49). The molecule has 0 amide bonds. The lowest BCUT2D eigenvalue weighted by Crippen LogP contribution is -2.23. The molecule has 6 rings (SSSR count). The van der Waals surface area contributed by atoms with Gasteiger partial charge in [0.05, 0.1) is 12.3 Å². The maximum absolute atomic E-state index is 14.5. The summed E-state index contributed by atoms with van der Waals surface area (Å²) in [5, 5.41) is 0. The third-order valence-corrected chi connectivity index (χ3v) is 13.4. The molecular weight excluding hydrogens is 864 g/mol. The third-order valence-electron chi connectivity index (χ3n) is 9.21. The second-order valence-electron chi connectivity index (χ2n) is 14.2. The quantitative estimate of drug-likeness (QED) is 0.0526. The van der Waals surface area contributed by atoms with Gasteiger partial charge < -0.3 is 46.7 Å². The zero-order valence-corrected chi connectivity index (χ0v) is 36.6. The van der Waals surface area contributed by atoms with Crippen molar-refractivity contribution in [3.8, 4) is 34.5 Å². The average molecular weight is 909 g/mol. The molecule has 0 radical (unpaired) electrons. The van der Waals surface area contributed by atoms with Gasteiger partial charge in [-0.3, -0.25) is 9.13 Å². The minimum atomic E-state index is -4.66.